The predicted molar refractivity (Wildman–Crippen MR) is 81.7 cm³/mol. The maximum atomic E-state index is 5.43. The van der Waals surface area contributed by atoms with Gasteiger partial charge in [-0.3, -0.25) is 0 Å². The van der Waals surface area contributed by atoms with Crippen molar-refractivity contribution in [2.24, 2.45) is 0 Å². The van der Waals surface area contributed by atoms with Crippen LogP contribution in [0.4, 0.5) is 0 Å². The highest BCUT2D eigenvalue weighted by atomic mass is 32.1. The first-order valence-corrected chi connectivity index (χ1v) is 7.32. The van der Waals surface area contributed by atoms with E-state index in [-0.39, 0.29) is 6.04 Å². The molecule has 1 unspecified atom stereocenters. The Morgan fingerprint density at radius 1 is 1.30 bits per heavy atom. The smallest absolute Gasteiger partial charge is 0.127 e. The number of benzene rings is 1. The standard InChI is InChI=1S/C15H20N2O2S/c1-10-8-17-15(20-10)9-16-11(2)13-6-5-12(18-3)7-14(13)19-4/h5-8,11,16H,9H2,1-4H3. The summed E-state index contributed by atoms with van der Waals surface area (Å²) in [6, 6.07) is 6.06. The number of hydrogen-bond donors (Lipinski definition) is 1. The lowest BCUT2D eigenvalue weighted by Crippen LogP contribution is -2.18. The van der Waals surface area contributed by atoms with Gasteiger partial charge in [-0.25, -0.2) is 4.98 Å². The number of ether oxygens (including phenoxy) is 2. The summed E-state index contributed by atoms with van der Waals surface area (Å²) < 4.78 is 10.6. The molecule has 1 aromatic carbocycles. The first-order chi connectivity index (χ1) is 9.63. The molecule has 1 atom stereocenters. The third kappa shape index (κ3) is 3.49. The van der Waals surface area contributed by atoms with Crippen LogP contribution in [-0.4, -0.2) is 19.2 Å². The molecule has 2 rings (SSSR count). The maximum absolute atomic E-state index is 5.43. The van der Waals surface area contributed by atoms with Gasteiger partial charge in [0.25, 0.3) is 0 Å². The number of thiazole rings is 1. The minimum Gasteiger partial charge on any atom is -0.497 e. The summed E-state index contributed by atoms with van der Waals surface area (Å²) >= 11 is 1.72. The number of methoxy groups -OCH3 is 2. The van der Waals surface area contributed by atoms with Crippen molar-refractivity contribution in [3.63, 3.8) is 0 Å². The number of aromatic nitrogens is 1. The minimum absolute atomic E-state index is 0.181. The topological polar surface area (TPSA) is 43.4 Å². The average Bonchev–Trinajstić information content (AvgIpc) is 2.89. The molecular formula is C15H20N2O2S. The molecule has 0 aliphatic rings. The van der Waals surface area contributed by atoms with Gasteiger partial charge in [-0.15, -0.1) is 11.3 Å². The molecule has 0 aliphatic heterocycles. The second-order valence-electron chi connectivity index (χ2n) is 4.58. The number of nitrogens with zero attached hydrogens (tertiary/aromatic N) is 1. The van der Waals surface area contributed by atoms with E-state index in [4.69, 9.17) is 9.47 Å². The first kappa shape index (κ1) is 14.8. The molecular weight excluding hydrogens is 272 g/mol. The van der Waals surface area contributed by atoms with Crippen LogP contribution in [0.5, 0.6) is 11.5 Å². The third-order valence-corrected chi connectivity index (χ3v) is 4.05. The van der Waals surface area contributed by atoms with Gasteiger partial charge in [-0.2, -0.15) is 0 Å². The van der Waals surface area contributed by atoms with Crippen molar-refractivity contribution in [2.75, 3.05) is 14.2 Å². The molecule has 0 spiro atoms. The number of rotatable bonds is 6. The van der Waals surface area contributed by atoms with Crippen molar-refractivity contribution in [3.05, 3.63) is 39.8 Å². The molecule has 1 aromatic heterocycles. The molecule has 4 nitrogen and oxygen atoms in total. The van der Waals surface area contributed by atoms with E-state index in [1.54, 1.807) is 25.6 Å². The van der Waals surface area contributed by atoms with E-state index in [0.29, 0.717) is 0 Å². The van der Waals surface area contributed by atoms with E-state index in [0.717, 1.165) is 28.6 Å². The lowest BCUT2D eigenvalue weighted by atomic mass is 10.1. The van der Waals surface area contributed by atoms with Gasteiger partial charge in [0.15, 0.2) is 0 Å². The van der Waals surface area contributed by atoms with Crippen LogP contribution in [0.3, 0.4) is 0 Å². The Labute approximate surface area is 123 Å². The summed E-state index contributed by atoms with van der Waals surface area (Å²) in [5.74, 6) is 1.63. The van der Waals surface area contributed by atoms with Gasteiger partial charge in [0.05, 0.1) is 14.2 Å². The second kappa shape index (κ2) is 6.72. The first-order valence-electron chi connectivity index (χ1n) is 6.50. The Hall–Kier alpha value is -1.59. The zero-order chi connectivity index (χ0) is 14.5. The molecule has 0 aliphatic carbocycles. The van der Waals surface area contributed by atoms with E-state index in [2.05, 4.69) is 24.1 Å². The Bertz CT molecular complexity index is 569. The maximum Gasteiger partial charge on any atom is 0.127 e. The summed E-state index contributed by atoms with van der Waals surface area (Å²) in [5, 5.41) is 4.57. The van der Waals surface area contributed by atoms with Crippen molar-refractivity contribution >= 4 is 11.3 Å². The van der Waals surface area contributed by atoms with Crippen molar-refractivity contribution in [2.45, 2.75) is 26.4 Å². The number of nitrogens with one attached hydrogen (secondary N) is 1. The van der Waals surface area contributed by atoms with E-state index in [1.807, 2.05) is 24.4 Å². The quantitative estimate of drug-likeness (QED) is 0.887. The van der Waals surface area contributed by atoms with Crippen molar-refractivity contribution < 1.29 is 9.47 Å². The van der Waals surface area contributed by atoms with Crippen LogP contribution in [-0.2, 0) is 6.54 Å². The largest absolute Gasteiger partial charge is 0.497 e. The fraction of sp³-hybridized carbons (Fsp3) is 0.400. The molecule has 0 radical (unpaired) electrons. The monoisotopic (exact) mass is 292 g/mol. The number of aryl methyl sites for hydroxylation is 1. The van der Waals surface area contributed by atoms with Crippen molar-refractivity contribution in [1.29, 1.82) is 0 Å². The summed E-state index contributed by atoms with van der Waals surface area (Å²) in [7, 11) is 3.33. The SMILES string of the molecule is COc1ccc(C(C)NCc2ncc(C)s2)c(OC)c1. The highest BCUT2D eigenvalue weighted by molar-refractivity contribution is 7.11. The van der Waals surface area contributed by atoms with E-state index >= 15 is 0 Å². The molecule has 20 heavy (non-hydrogen) atoms. The van der Waals surface area contributed by atoms with Crippen LogP contribution in [0.2, 0.25) is 0 Å². The zero-order valence-electron chi connectivity index (χ0n) is 12.3. The molecule has 0 amide bonds. The molecule has 0 saturated carbocycles. The molecule has 2 aromatic rings. The minimum atomic E-state index is 0.181. The Morgan fingerprint density at radius 2 is 2.10 bits per heavy atom. The molecule has 108 valence electrons. The van der Waals surface area contributed by atoms with Crippen LogP contribution < -0.4 is 14.8 Å². The fourth-order valence-corrected chi connectivity index (χ4v) is 2.75. The van der Waals surface area contributed by atoms with Crippen LogP contribution in [0.25, 0.3) is 0 Å². The Morgan fingerprint density at radius 3 is 2.70 bits per heavy atom. The molecule has 0 fully saturated rings. The van der Waals surface area contributed by atoms with Crippen LogP contribution in [0.15, 0.2) is 24.4 Å². The van der Waals surface area contributed by atoms with Crippen LogP contribution in [0.1, 0.15) is 28.4 Å². The molecule has 1 heterocycles. The van der Waals surface area contributed by atoms with Gasteiger partial charge in [0.1, 0.15) is 16.5 Å². The van der Waals surface area contributed by atoms with Crippen LogP contribution in [0, 0.1) is 6.92 Å². The van der Waals surface area contributed by atoms with Crippen molar-refractivity contribution in [3.8, 4) is 11.5 Å². The lowest BCUT2D eigenvalue weighted by molar-refractivity contribution is 0.385. The molecule has 5 heteroatoms. The van der Waals surface area contributed by atoms with Crippen molar-refractivity contribution in [1.82, 2.24) is 10.3 Å². The van der Waals surface area contributed by atoms with E-state index in [9.17, 15) is 0 Å². The normalized spacial score (nSPS) is 12.2. The van der Waals surface area contributed by atoms with Crippen LogP contribution >= 0.6 is 11.3 Å². The van der Waals surface area contributed by atoms with Gasteiger partial charge >= 0.3 is 0 Å². The van der Waals surface area contributed by atoms with E-state index in [1.165, 1.54) is 4.88 Å². The molecule has 1 N–H and O–H groups in total. The number of hydrogen-bond acceptors (Lipinski definition) is 5. The zero-order valence-corrected chi connectivity index (χ0v) is 13.1. The Balaban J connectivity index is 2.06. The van der Waals surface area contributed by atoms with Gasteiger partial charge in [-0.1, -0.05) is 6.07 Å². The van der Waals surface area contributed by atoms with E-state index < -0.39 is 0 Å². The third-order valence-electron chi connectivity index (χ3n) is 3.14. The predicted octanol–water partition coefficient (Wildman–Crippen LogP) is 3.32. The van der Waals surface area contributed by atoms with Gasteiger partial charge in [-0.05, 0) is 19.9 Å². The molecule has 0 bridgehead atoms. The summed E-state index contributed by atoms with van der Waals surface area (Å²) in [6.07, 6.45) is 1.90. The average molecular weight is 292 g/mol. The van der Waals surface area contributed by atoms with Gasteiger partial charge < -0.3 is 14.8 Å². The highest BCUT2D eigenvalue weighted by Gasteiger charge is 2.12. The van der Waals surface area contributed by atoms with Gasteiger partial charge in [0.2, 0.25) is 0 Å². The molecule has 0 saturated heterocycles. The summed E-state index contributed by atoms with van der Waals surface area (Å²) in [5.41, 5.74) is 1.11. The highest BCUT2D eigenvalue weighted by Crippen LogP contribution is 2.29. The fourth-order valence-electron chi connectivity index (χ4n) is 2.01. The summed E-state index contributed by atoms with van der Waals surface area (Å²) in [6.45, 7) is 4.94. The Kier molecular flexibility index (Phi) is 4.98. The van der Waals surface area contributed by atoms with Gasteiger partial charge in [0, 0.05) is 35.3 Å². The lowest BCUT2D eigenvalue weighted by Gasteiger charge is -2.17. The second-order valence-corrected chi connectivity index (χ2v) is 5.89. The summed E-state index contributed by atoms with van der Waals surface area (Å²) in [4.78, 5) is 5.59.